The Balaban J connectivity index is 2.43. The number of likely N-dealkylation sites (N-methyl/N-ethyl adjacent to an activating group) is 2. The molecule has 0 spiro atoms. The van der Waals surface area contributed by atoms with Crippen molar-refractivity contribution in [1.82, 2.24) is 9.80 Å². The molecular weight excluding hydrogens is 238 g/mol. The van der Waals surface area contributed by atoms with Gasteiger partial charge in [0.25, 0.3) is 0 Å². The highest BCUT2D eigenvalue weighted by atomic mass is 16.2. The van der Waals surface area contributed by atoms with Gasteiger partial charge in [-0.1, -0.05) is 12.2 Å². The molecule has 0 atom stereocenters. The number of amides is 1. The first-order chi connectivity index (χ1) is 8.93. The highest BCUT2D eigenvalue weighted by Crippen LogP contribution is 2.21. The monoisotopic (exact) mass is 267 g/mol. The van der Waals surface area contributed by atoms with Gasteiger partial charge in [-0.05, 0) is 46.6 Å². The number of nitrogens with zero attached hydrogens (tertiary/aromatic N) is 2. The highest BCUT2D eigenvalue weighted by molar-refractivity contribution is 5.78. The van der Waals surface area contributed by atoms with Crippen LogP contribution < -0.4 is 5.73 Å². The van der Waals surface area contributed by atoms with Crippen molar-refractivity contribution in [2.75, 3.05) is 26.7 Å². The molecule has 0 bridgehead atoms. The first-order valence-corrected chi connectivity index (χ1v) is 7.32. The van der Waals surface area contributed by atoms with Crippen molar-refractivity contribution in [3.63, 3.8) is 0 Å². The summed E-state index contributed by atoms with van der Waals surface area (Å²) in [6, 6.07) is 0.864. The van der Waals surface area contributed by atoms with Gasteiger partial charge < -0.3 is 10.6 Å². The second kappa shape index (κ2) is 7.65. The molecule has 19 heavy (non-hydrogen) atoms. The number of carbonyl (C=O) groups excluding carboxylic acids is 1. The van der Waals surface area contributed by atoms with E-state index in [9.17, 15) is 4.79 Å². The summed E-state index contributed by atoms with van der Waals surface area (Å²) in [5.74, 6) is 0.197. The fourth-order valence-electron chi connectivity index (χ4n) is 2.69. The quantitative estimate of drug-likeness (QED) is 0.744. The summed E-state index contributed by atoms with van der Waals surface area (Å²) in [5, 5.41) is 0. The van der Waals surface area contributed by atoms with Crippen LogP contribution in [0, 0.1) is 0 Å². The minimum atomic E-state index is 0.197. The van der Waals surface area contributed by atoms with E-state index in [-0.39, 0.29) is 5.91 Å². The van der Waals surface area contributed by atoms with Gasteiger partial charge in [0, 0.05) is 25.2 Å². The van der Waals surface area contributed by atoms with Crippen LogP contribution in [0.5, 0.6) is 0 Å². The molecule has 4 nitrogen and oxygen atoms in total. The molecule has 1 saturated carbocycles. The van der Waals surface area contributed by atoms with E-state index >= 15 is 0 Å². The molecule has 110 valence electrons. The van der Waals surface area contributed by atoms with E-state index in [4.69, 9.17) is 5.73 Å². The van der Waals surface area contributed by atoms with E-state index in [0.29, 0.717) is 25.2 Å². The molecule has 0 aromatic carbocycles. The van der Waals surface area contributed by atoms with Crippen molar-refractivity contribution >= 4 is 5.91 Å². The second-order valence-corrected chi connectivity index (χ2v) is 5.85. The first-order valence-electron chi connectivity index (χ1n) is 7.32. The highest BCUT2D eigenvalue weighted by Gasteiger charge is 2.24. The Morgan fingerprint density at radius 1 is 1.26 bits per heavy atom. The van der Waals surface area contributed by atoms with Gasteiger partial charge in [-0.3, -0.25) is 9.69 Å². The summed E-state index contributed by atoms with van der Waals surface area (Å²) in [7, 11) is 2.05. The predicted octanol–water partition coefficient (Wildman–Crippen LogP) is 1.61. The van der Waals surface area contributed by atoms with Crippen molar-refractivity contribution < 1.29 is 4.79 Å². The van der Waals surface area contributed by atoms with Crippen molar-refractivity contribution in [3.8, 4) is 0 Å². The van der Waals surface area contributed by atoms with Crippen LogP contribution in [0.4, 0.5) is 0 Å². The lowest BCUT2D eigenvalue weighted by atomic mass is 9.91. The summed E-state index contributed by atoms with van der Waals surface area (Å²) in [6.45, 7) is 9.77. The summed E-state index contributed by atoms with van der Waals surface area (Å²) >= 11 is 0. The summed E-state index contributed by atoms with van der Waals surface area (Å²) in [6.07, 6.45) is 4.37. The van der Waals surface area contributed by atoms with Crippen LogP contribution in [-0.2, 0) is 4.79 Å². The van der Waals surface area contributed by atoms with Gasteiger partial charge in [0.05, 0.1) is 6.54 Å². The maximum absolute atomic E-state index is 12.2. The number of carbonyl (C=O) groups is 1. The van der Waals surface area contributed by atoms with Gasteiger partial charge in [0.1, 0.15) is 0 Å². The first kappa shape index (κ1) is 16.2. The van der Waals surface area contributed by atoms with E-state index in [2.05, 4.69) is 11.5 Å². The van der Waals surface area contributed by atoms with Gasteiger partial charge in [-0.15, -0.1) is 0 Å². The number of hydrogen-bond acceptors (Lipinski definition) is 3. The molecule has 0 heterocycles. The van der Waals surface area contributed by atoms with Crippen LogP contribution in [0.1, 0.15) is 39.5 Å². The zero-order valence-corrected chi connectivity index (χ0v) is 12.7. The number of rotatable bonds is 6. The molecule has 2 N–H and O–H groups in total. The van der Waals surface area contributed by atoms with Crippen LogP contribution in [0.15, 0.2) is 12.2 Å². The van der Waals surface area contributed by atoms with Crippen LogP contribution in [0.3, 0.4) is 0 Å². The molecule has 1 fully saturated rings. The van der Waals surface area contributed by atoms with Crippen molar-refractivity contribution in [1.29, 1.82) is 0 Å². The molecule has 1 aliphatic rings. The molecule has 1 rings (SSSR count). The van der Waals surface area contributed by atoms with Crippen LogP contribution in [0.25, 0.3) is 0 Å². The maximum atomic E-state index is 12.2. The SMILES string of the molecule is C=C(C)CN(CC)C(=O)CN(C)C1CCC(N)CC1. The third-order valence-electron chi connectivity index (χ3n) is 3.94. The molecule has 4 heteroatoms. The van der Waals surface area contributed by atoms with Gasteiger partial charge in [0.15, 0.2) is 0 Å². The smallest absolute Gasteiger partial charge is 0.237 e. The van der Waals surface area contributed by atoms with Gasteiger partial charge >= 0.3 is 0 Å². The third kappa shape index (κ3) is 5.33. The van der Waals surface area contributed by atoms with Crippen LogP contribution in [-0.4, -0.2) is 54.5 Å². The van der Waals surface area contributed by atoms with E-state index in [1.54, 1.807) is 0 Å². The number of hydrogen-bond donors (Lipinski definition) is 1. The standard InChI is InChI=1S/C15H29N3O/c1-5-18(10-12(2)3)15(19)11-17(4)14-8-6-13(16)7-9-14/h13-14H,2,5-11,16H2,1,3-4H3. The third-order valence-corrected chi connectivity index (χ3v) is 3.94. The van der Waals surface area contributed by atoms with Crippen LogP contribution in [0.2, 0.25) is 0 Å². The lowest BCUT2D eigenvalue weighted by Crippen LogP contribution is -2.45. The fraction of sp³-hybridized carbons (Fsp3) is 0.800. The van der Waals surface area contributed by atoms with Gasteiger partial charge in [0.2, 0.25) is 5.91 Å². The minimum absolute atomic E-state index is 0.197. The fourth-order valence-corrected chi connectivity index (χ4v) is 2.69. The number of nitrogens with two attached hydrogens (primary N) is 1. The lowest BCUT2D eigenvalue weighted by Gasteiger charge is -2.34. The zero-order valence-electron chi connectivity index (χ0n) is 12.7. The molecule has 0 aromatic rings. The maximum Gasteiger partial charge on any atom is 0.237 e. The Labute approximate surface area is 117 Å². The summed E-state index contributed by atoms with van der Waals surface area (Å²) in [4.78, 5) is 16.3. The molecular formula is C15H29N3O. The van der Waals surface area contributed by atoms with E-state index in [1.165, 1.54) is 0 Å². The zero-order chi connectivity index (χ0) is 14.4. The molecule has 0 aromatic heterocycles. The average Bonchev–Trinajstić information content (AvgIpc) is 2.36. The molecule has 1 aliphatic carbocycles. The van der Waals surface area contributed by atoms with Crippen molar-refractivity contribution in [2.24, 2.45) is 5.73 Å². The van der Waals surface area contributed by atoms with E-state index < -0.39 is 0 Å². The van der Waals surface area contributed by atoms with Gasteiger partial charge in [-0.2, -0.15) is 0 Å². The topological polar surface area (TPSA) is 49.6 Å². The van der Waals surface area contributed by atoms with Gasteiger partial charge in [-0.25, -0.2) is 0 Å². The summed E-state index contributed by atoms with van der Waals surface area (Å²) < 4.78 is 0. The molecule has 0 unspecified atom stereocenters. The Bertz CT molecular complexity index is 309. The molecule has 0 aliphatic heterocycles. The molecule has 1 amide bonds. The summed E-state index contributed by atoms with van der Waals surface area (Å²) in [5.41, 5.74) is 6.95. The van der Waals surface area contributed by atoms with E-state index in [1.807, 2.05) is 25.8 Å². The van der Waals surface area contributed by atoms with Crippen LogP contribution >= 0.6 is 0 Å². The Kier molecular flexibility index (Phi) is 6.52. The Hall–Kier alpha value is -0.870. The second-order valence-electron chi connectivity index (χ2n) is 5.85. The van der Waals surface area contributed by atoms with Crippen molar-refractivity contribution in [3.05, 3.63) is 12.2 Å². The minimum Gasteiger partial charge on any atom is -0.338 e. The largest absolute Gasteiger partial charge is 0.338 e. The Morgan fingerprint density at radius 3 is 2.32 bits per heavy atom. The molecule has 0 saturated heterocycles. The van der Waals surface area contributed by atoms with E-state index in [0.717, 1.165) is 37.8 Å². The average molecular weight is 267 g/mol. The normalized spacial score (nSPS) is 23.4. The predicted molar refractivity (Wildman–Crippen MR) is 79.9 cm³/mol. The van der Waals surface area contributed by atoms with Crippen molar-refractivity contribution in [2.45, 2.75) is 51.6 Å². The Morgan fingerprint density at radius 2 is 1.84 bits per heavy atom. The lowest BCUT2D eigenvalue weighted by molar-refractivity contribution is -0.132. The molecule has 0 radical (unpaired) electrons.